The van der Waals surface area contributed by atoms with Gasteiger partial charge in [0, 0.05) is 32.0 Å². The zero-order valence-electron chi connectivity index (χ0n) is 14.5. The smallest absolute Gasteiger partial charge is 0.191 e. The second-order valence-electron chi connectivity index (χ2n) is 5.48. The number of unbranched alkanes of at least 4 members (excludes halogenated alkanes) is 1. The number of imidazole rings is 1. The molecule has 0 fully saturated rings. The molecular formula is C18H28IN5. The van der Waals surface area contributed by atoms with Gasteiger partial charge in [0.1, 0.15) is 5.82 Å². The fourth-order valence-electron chi connectivity index (χ4n) is 2.35. The van der Waals surface area contributed by atoms with E-state index in [2.05, 4.69) is 44.2 Å². The van der Waals surface area contributed by atoms with Crippen molar-refractivity contribution in [2.24, 2.45) is 4.99 Å². The van der Waals surface area contributed by atoms with E-state index in [9.17, 15) is 0 Å². The van der Waals surface area contributed by atoms with Crippen molar-refractivity contribution in [3.63, 3.8) is 0 Å². The number of halogens is 1. The van der Waals surface area contributed by atoms with Crippen molar-refractivity contribution in [2.45, 2.75) is 39.8 Å². The van der Waals surface area contributed by atoms with Gasteiger partial charge in [0.25, 0.3) is 0 Å². The van der Waals surface area contributed by atoms with Crippen LogP contribution in [0.5, 0.6) is 0 Å². The summed E-state index contributed by atoms with van der Waals surface area (Å²) in [5.74, 6) is 1.96. The first-order valence-corrected chi connectivity index (χ1v) is 8.33. The van der Waals surface area contributed by atoms with Crippen molar-refractivity contribution in [2.75, 3.05) is 13.1 Å². The van der Waals surface area contributed by atoms with Crippen molar-refractivity contribution in [3.8, 4) is 0 Å². The van der Waals surface area contributed by atoms with Crippen LogP contribution < -0.4 is 10.6 Å². The molecule has 0 saturated carbocycles. The number of nitrogens with one attached hydrogen (secondary N) is 2. The molecule has 5 nitrogen and oxygen atoms in total. The molecular weight excluding hydrogens is 413 g/mol. The van der Waals surface area contributed by atoms with E-state index in [4.69, 9.17) is 0 Å². The molecule has 0 aliphatic rings. The van der Waals surface area contributed by atoms with Gasteiger partial charge in [-0.25, -0.2) is 9.98 Å². The van der Waals surface area contributed by atoms with Gasteiger partial charge in [-0.15, -0.1) is 24.0 Å². The Morgan fingerprint density at radius 2 is 1.96 bits per heavy atom. The number of guanidine groups is 1. The van der Waals surface area contributed by atoms with Crippen LogP contribution in [0.3, 0.4) is 0 Å². The minimum absolute atomic E-state index is 0. The number of hydrogen-bond acceptors (Lipinski definition) is 2. The summed E-state index contributed by atoms with van der Waals surface area (Å²) in [4.78, 5) is 8.86. The monoisotopic (exact) mass is 441 g/mol. The van der Waals surface area contributed by atoms with Gasteiger partial charge in [-0.3, -0.25) is 0 Å². The van der Waals surface area contributed by atoms with Gasteiger partial charge in [-0.2, -0.15) is 0 Å². The average molecular weight is 441 g/mol. The first kappa shape index (κ1) is 20.5. The van der Waals surface area contributed by atoms with E-state index in [1.54, 1.807) is 0 Å². The number of hydrogen-bond donors (Lipinski definition) is 2. The molecule has 1 aromatic carbocycles. The minimum Gasteiger partial charge on any atom is -0.357 e. The Labute approximate surface area is 162 Å². The summed E-state index contributed by atoms with van der Waals surface area (Å²) >= 11 is 0. The van der Waals surface area contributed by atoms with E-state index < -0.39 is 0 Å². The van der Waals surface area contributed by atoms with Crippen LogP contribution >= 0.6 is 24.0 Å². The molecule has 0 bridgehead atoms. The first-order chi connectivity index (χ1) is 11.3. The molecule has 0 atom stereocenters. The third kappa shape index (κ3) is 7.33. The molecule has 0 aliphatic carbocycles. The van der Waals surface area contributed by atoms with Crippen molar-refractivity contribution < 1.29 is 0 Å². The molecule has 6 heteroatoms. The molecule has 0 unspecified atom stereocenters. The fourth-order valence-corrected chi connectivity index (χ4v) is 2.35. The lowest BCUT2D eigenvalue weighted by atomic mass is 10.2. The highest BCUT2D eigenvalue weighted by Crippen LogP contribution is 2.01. The number of aryl methyl sites for hydroxylation is 2. The van der Waals surface area contributed by atoms with Crippen LogP contribution in [0, 0.1) is 6.92 Å². The molecule has 2 aromatic rings. The van der Waals surface area contributed by atoms with E-state index in [0.29, 0.717) is 6.54 Å². The molecule has 0 spiro atoms. The van der Waals surface area contributed by atoms with Crippen LogP contribution in [0.15, 0.2) is 47.7 Å². The third-order valence-electron chi connectivity index (χ3n) is 3.65. The molecule has 0 amide bonds. The highest BCUT2D eigenvalue weighted by molar-refractivity contribution is 14.0. The standard InChI is InChI=1S/C18H27N5.HI/c1-3-19-18(22-15-17-9-5-4-6-10-17)21-11-7-8-13-23-14-12-20-16(23)2;/h4-6,9-10,12,14H,3,7-8,11,13,15H2,1-2H3,(H2,19,21,22);1H. The highest BCUT2D eigenvalue weighted by Gasteiger charge is 1.99. The van der Waals surface area contributed by atoms with Gasteiger partial charge >= 0.3 is 0 Å². The lowest BCUT2D eigenvalue weighted by Gasteiger charge is -2.11. The molecule has 24 heavy (non-hydrogen) atoms. The van der Waals surface area contributed by atoms with E-state index >= 15 is 0 Å². The lowest BCUT2D eigenvalue weighted by Crippen LogP contribution is -2.37. The van der Waals surface area contributed by atoms with Gasteiger partial charge in [0.15, 0.2) is 5.96 Å². The first-order valence-electron chi connectivity index (χ1n) is 8.33. The van der Waals surface area contributed by atoms with E-state index in [-0.39, 0.29) is 24.0 Å². The fraction of sp³-hybridized carbons (Fsp3) is 0.444. The molecule has 0 saturated heterocycles. The van der Waals surface area contributed by atoms with Crippen LogP contribution in [0.2, 0.25) is 0 Å². The van der Waals surface area contributed by atoms with Crippen molar-refractivity contribution >= 4 is 29.9 Å². The quantitative estimate of drug-likeness (QED) is 0.286. The Kier molecular flexibility index (Phi) is 10.1. The molecule has 1 aromatic heterocycles. The Bertz CT molecular complexity index is 594. The summed E-state index contributed by atoms with van der Waals surface area (Å²) in [6.07, 6.45) is 6.12. The van der Waals surface area contributed by atoms with Gasteiger partial charge in [-0.05, 0) is 32.3 Å². The van der Waals surface area contributed by atoms with Crippen LogP contribution in [0.4, 0.5) is 0 Å². The van der Waals surface area contributed by atoms with Crippen LogP contribution in [-0.4, -0.2) is 28.6 Å². The third-order valence-corrected chi connectivity index (χ3v) is 3.65. The second-order valence-corrected chi connectivity index (χ2v) is 5.48. The summed E-state index contributed by atoms with van der Waals surface area (Å²) in [5, 5.41) is 6.69. The molecule has 0 radical (unpaired) electrons. The lowest BCUT2D eigenvalue weighted by molar-refractivity contribution is 0.588. The number of aliphatic imine (C=N–C) groups is 1. The summed E-state index contributed by atoms with van der Waals surface area (Å²) in [5.41, 5.74) is 1.22. The normalized spacial score (nSPS) is 11.0. The topological polar surface area (TPSA) is 54.2 Å². The summed E-state index contributed by atoms with van der Waals surface area (Å²) < 4.78 is 2.19. The SMILES string of the molecule is CCNC(=NCc1ccccc1)NCCCCn1ccnc1C.I. The molecule has 2 rings (SSSR count). The van der Waals surface area contributed by atoms with Crippen LogP contribution in [0.1, 0.15) is 31.2 Å². The Balaban J connectivity index is 0.00000288. The zero-order chi connectivity index (χ0) is 16.3. The average Bonchev–Trinajstić information content (AvgIpc) is 2.98. The predicted molar refractivity (Wildman–Crippen MR) is 111 cm³/mol. The number of nitrogens with zero attached hydrogens (tertiary/aromatic N) is 3. The summed E-state index contributed by atoms with van der Waals surface area (Å²) in [6.45, 7) is 7.64. The molecule has 1 heterocycles. The number of rotatable bonds is 8. The van der Waals surface area contributed by atoms with Gasteiger partial charge in [0.05, 0.1) is 6.54 Å². The largest absolute Gasteiger partial charge is 0.357 e. The van der Waals surface area contributed by atoms with Crippen molar-refractivity contribution in [3.05, 3.63) is 54.1 Å². The number of benzene rings is 1. The van der Waals surface area contributed by atoms with Gasteiger partial charge in [-0.1, -0.05) is 30.3 Å². The Morgan fingerprint density at radius 3 is 2.62 bits per heavy atom. The maximum Gasteiger partial charge on any atom is 0.191 e. The predicted octanol–water partition coefficient (Wildman–Crippen LogP) is 3.35. The van der Waals surface area contributed by atoms with E-state index in [1.807, 2.05) is 37.5 Å². The maximum atomic E-state index is 4.62. The van der Waals surface area contributed by atoms with Crippen LogP contribution in [0.25, 0.3) is 0 Å². The maximum absolute atomic E-state index is 4.62. The van der Waals surface area contributed by atoms with E-state index in [0.717, 1.165) is 44.3 Å². The van der Waals surface area contributed by atoms with Crippen LogP contribution in [-0.2, 0) is 13.1 Å². The summed E-state index contributed by atoms with van der Waals surface area (Å²) in [6, 6.07) is 10.3. The molecule has 0 aliphatic heterocycles. The van der Waals surface area contributed by atoms with Gasteiger partial charge < -0.3 is 15.2 Å². The van der Waals surface area contributed by atoms with Crippen molar-refractivity contribution in [1.29, 1.82) is 0 Å². The second kappa shape index (κ2) is 11.9. The van der Waals surface area contributed by atoms with Gasteiger partial charge in [0.2, 0.25) is 0 Å². The number of aromatic nitrogens is 2. The molecule has 132 valence electrons. The Hall–Kier alpha value is -1.57. The zero-order valence-corrected chi connectivity index (χ0v) is 16.9. The Morgan fingerprint density at radius 1 is 1.17 bits per heavy atom. The van der Waals surface area contributed by atoms with Crippen molar-refractivity contribution in [1.82, 2.24) is 20.2 Å². The minimum atomic E-state index is 0. The highest BCUT2D eigenvalue weighted by atomic mass is 127. The van der Waals surface area contributed by atoms with E-state index in [1.165, 1.54) is 5.56 Å². The summed E-state index contributed by atoms with van der Waals surface area (Å²) in [7, 11) is 0. The molecule has 2 N–H and O–H groups in total.